The van der Waals surface area contributed by atoms with Crippen molar-refractivity contribution in [1.29, 1.82) is 0 Å². The van der Waals surface area contributed by atoms with E-state index in [1.165, 1.54) is 6.07 Å². The Morgan fingerprint density at radius 2 is 1.35 bits per heavy atom. The zero-order valence-corrected chi connectivity index (χ0v) is 17.8. The lowest BCUT2D eigenvalue weighted by atomic mass is 9.82. The molecule has 0 radical (unpaired) electrons. The Morgan fingerprint density at radius 1 is 0.839 bits per heavy atom. The summed E-state index contributed by atoms with van der Waals surface area (Å²) in [5.74, 6) is -0.278. The van der Waals surface area contributed by atoms with Gasteiger partial charge in [0.2, 0.25) is 0 Å². The molecule has 2 aromatic heterocycles. The van der Waals surface area contributed by atoms with Crippen molar-refractivity contribution in [2.45, 2.75) is 19.8 Å². The topological polar surface area (TPSA) is 74.7 Å². The lowest BCUT2D eigenvalue weighted by Gasteiger charge is -2.21. The maximum absolute atomic E-state index is 11.6. The minimum Gasteiger partial charge on any atom is -0.358 e. The number of aryl methyl sites for hydroxylation is 2. The lowest BCUT2D eigenvalue weighted by Crippen LogP contribution is -2.07. The van der Waals surface area contributed by atoms with E-state index < -0.39 is 0 Å². The lowest BCUT2D eigenvalue weighted by molar-refractivity contribution is -0.384. The molecule has 2 heterocycles. The van der Waals surface area contributed by atoms with E-state index in [-0.39, 0.29) is 16.5 Å². The van der Waals surface area contributed by atoms with Crippen LogP contribution in [0.25, 0.3) is 21.8 Å². The molecule has 0 aliphatic rings. The highest BCUT2D eigenvalue weighted by molar-refractivity contribution is 6.31. The van der Waals surface area contributed by atoms with E-state index in [0.717, 1.165) is 49.9 Å². The number of fused-ring (bicyclic) bond motifs is 2. The second-order valence-corrected chi connectivity index (χ2v) is 8.22. The molecule has 6 heteroatoms. The third-order valence-electron chi connectivity index (χ3n) is 5.97. The number of aromatic amines is 2. The summed E-state index contributed by atoms with van der Waals surface area (Å²) in [7, 11) is 0. The summed E-state index contributed by atoms with van der Waals surface area (Å²) in [6, 6.07) is 20.9. The third kappa shape index (κ3) is 3.09. The number of non-ortho nitro benzene ring substituents is 1. The second kappa shape index (κ2) is 7.29. The van der Waals surface area contributed by atoms with Crippen LogP contribution in [0.15, 0.2) is 66.7 Å². The number of rotatable bonds is 4. The summed E-state index contributed by atoms with van der Waals surface area (Å²) in [5.41, 5.74) is 6.97. The van der Waals surface area contributed by atoms with Crippen LogP contribution < -0.4 is 0 Å². The molecule has 31 heavy (non-hydrogen) atoms. The van der Waals surface area contributed by atoms with Gasteiger partial charge in [-0.25, -0.2) is 0 Å². The number of nitro benzene ring substituents is 1. The molecule has 0 aliphatic heterocycles. The van der Waals surface area contributed by atoms with Gasteiger partial charge in [-0.1, -0.05) is 48.0 Å². The maximum Gasteiger partial charge on any atom is 0.269 e. The molecular weight excluding hydrogens is 410 g/mol. The van der Waals surface area contributed by atoms with E-state index in [9.17, 15) is 10.1 Å². The molecule has 0 atom stereocenters. The van der Waals surface area contributed by atoms with Crippen LogP contribution in [-0.2, 0) is 0 Å². The second-order valence-electron chi connectivity index (χ2n) is 7.81. The van der Waals surface area contributed by atoms with Crippen LogP contribution in [0.3, 0.4) is 0 Å². The molecule has 0 saturated carbocycles. The molecule has 5 aromatic rings. The minimum absolute atomic E-state index is 0.0272. The Kier molecular flexibility index (Phi) is 4.56. The highest BCUT2D eigenvalue weighted by Crippen LogP contribution is 2.45. The Hall–Kier alpha value is -3.57. The average molecular weight is 430 g/mol. The molecule has 0 spiro atoms. The minimum atomic E-state index is -0.374. The van der Waals surface area contributed by atoms with Crippen LogP contribution in [0.5, 0.6) is 0 Å². The fraction of sp³-hybridized carbons (Fsp3) is 0.120. The van der Waals surface area contributed by atoms with Crippen LogP contribution in [0.4, 0.5) is 5.69 Å². The molecule has 0 aliphatic carbocycles. The van der Waals surface area contributed by atoms with E-state index in [2.05, 4.69) is 22.1 Å². The molecule has 5 nitrogen and oxygen atoms in total. The van der Waals surface area contributed by atoms with Crippen molar-refractivity contribution in [2.24, 2.45) is 0 Å². The quantitative estimate of drug-likeness (QED) is 0.238. The van der Waals surface area contributed by atoms with Gasteiger partial charge in [-0.15, -0.1) is 0 Å². The number of para-hydroxylation sites is 2. The van der Waals surface area contributed by atoms with Gasteiger partial charge in [0.15, 0.2) is 0 Å². The third-order valence-corrected chi connectivity index (χ3v) is 6.31. The van der Waals surface area contributed by atoms with Crippen molar-refractivity contribution in [1.82, 2.24) is 9.97 Å². The van der Waals surface area contributed by atoms with Gasteiger partial charge in [-0.2, -0.15) is 0 Å². The van der Waals surface area contributed by atoms with Crippen LogP contribution in [0, 0.1) is 24.0 Å². The number of benzene rings is 3. The first-order chi connectivity index (χ1) is 15.0. The Balaban J connectivity index is 1.91. The number of H-pyrrole nitrogens is 2. The molecule has 0 bridgehead atoms. The molecular formula is C25H20ClN3O2. The average Bonchev–Trinajstić information content (AvgIpc) is 3.26. The highest BCUT2D eigenvalue weighted by atomic mass is 35.5. The number of aromatic nitrogens is 2. The maximum atomic E-state index is 11.6. The predicted molar refractivity (Wildman–Crippen MR) is 125 cm³/mol. The van der Waals surface area contributed by atoms with Gasteiger partial charge in [0, 0.05) is 56.3 Å². The first-order valence-electron chi connectivity index (χ1n) is 10.0. The molecule has 2 N–H and O–H groups in total. The summed E-state index contributed by atoms with van der Waals surface area (Å²) in [4.78, 5) is 18.1. The summed E-state index contributed by atoms with van der Waals surface area (Å²) in [5, 5.41) is 14.2. The van der Waals surface area contributed by atoms with Crippen molar-refractivity contribution in [3.05, 3.63) is 110 Å². The van der Waals surface area contributed by atoms with E-state index in [1.54, 1.807) is 12.1 Å². The van der Waals surface area contributed by atoms with E-state index >= 15 is 0 Å². The van der Waals surface area contributed by atoms with Crippen molar-refractivity contribution in [2.75, 3.05) is 0 Å². The van der Waals surface area contributed by atoms with Gasteiger partial charge in [0.1, 0.15) is 0 Å². The smallest absolute Gasteiger partial charge is 0.269 e. The van der Waals surface area contributed by atoms with Crippen molar-refractivity contribution in [3.8, 4) is 0 Å². The molecule has 3 aromatic carbocycles. The van der Waals surface area contributed by atoms with Gasteiger partial charge in [-0.3, -0.25) is 10.1 Å². The molecule has 5 rings (SSSR count). The van der Waals surface area contributed by atoms with Gasteiger partial charge in [0.05, 0.1) is 4.92 Å². The molecule has 154 valence electrons. The monoisotopic (exact) mass is 429 g/mol. The molecule has 0 fully saturated rings. The fourth-order valence-electron chi connectivity index (χ4n) is 4.66. The molecule has 0 saturated heterocycles. The number of nitrogens with one attached hydrogen (secondary N) is 2. The first-order valence-corrected chi connectivity index (χ1v) is 10.4. The largest absolute Gasteiger partial charge is 0.358 e. The van der Waals surface area contributed by atoms with Crippen molar-refractivity contribution in [3.63, 3.8) is 0 Å². The predicted octanol–water partition coefficient (Wildman–Crippen LogP) is 7.01. The standard InChI is InChI=1S/C25H20ClN3O2/c1-14-23(17-7-3-5-9-21(17)27-14)25(19-13-16(29(30)31)11-12-20(19)26)24-15(2)28-22-10-6-4-8-18(22)24/h3-13,25,27-28H,1-2H3. The van der Waals surface area contributed by atoms with E-state index in [1.807, 2.05) is 50.2 Å². The van der Waals surface area contributed by atoms with Crippen LogP contribution >= 0.6 is 11.6 Å². The SMILES string of the molecule is Cc1[nH]c2ccccc2c1C(c1cc([N+](=O)[O-])ccc1Cl)c1c(C)[nH]c2ccccc12. The number of halogens is 1. The summed E-state index contributed by atoms with van der Waals surface area (Å²) < 4.78 is 0. The number of nitrogens with zero attached hydrogens (tertiary/aromatic N) is 1. The summed E-state index contributed by atoms with van der Waals surface area (Å²) >= 11 is 6.69. The molecule has 0 amide bonds. The van der Waals surface area contributed by atoms with Gasteiger partial charge >= 0.3 is 0 Å². The van der Waals surface area contributed by atoms with E-state index in [4.69, 9.17) is 11.6 Å². The van der Waals surface area contributed by atoms with Gasteiger partial charge in [-0.05, 0) is 48.7 Å². The van der Waals surface area contributed by atoms with Crippen molar-refractivity contribution < 1.29 is 4.92 Å². The number of hydrogen-bond acceptors (Lipinski definition) is 2. The highest BCUT2D eigenvalue weighted by Gasteiger charge is 2.29. The number of hydrogen-bond donors (Lipinski definition) is 2. The van der Waals surface area contributed by atoms with Crippen LogP contribution in [-0.4, -0.2) is 14.9 Å². The van der Waals surface area contributed by atoms with Crippen LogP contribution in [0.2, 0.25) is 5.02 Å². The summed E-state index contributed by atoms with van der Waals surface area (Å²) in [6.07, 6.45) is 0. The fourth-order valence-corrected chi connectivity index (χ4v) is 4.89. The Labute approximate surface area is 183 Å². The zero-order valence-electron chi connectivity index (χ0n) is 17.1. The summed E-state index contributed by atoms with van der Waals surface area (Å²) in [6.45, 7) is 4.08. The van der Waals surface area contributed by atoms with Crippen LogP contribution in [0.1, 0.15) is 34.0 Å². The Morgan fingerprint density at radius 3 is 1.87 bits per heavy atom. The molecule has 0 unspecified atom stereocenters. The van der Waals surface area contributed by atoms with E-state index in [0.29, 0.717) is 5.02 Å². The van der Waals surface area contributed by atoms with Gasteiger partial charge in [0.25, 0.3) is 5.69 Å². The first kappa shape index (κ1) is 19.4. The normalized spacial score (nSPS) is 11.6. The van der Waals surface area contributed by atoms with Gasteiger partial charge < -0.3 is 9.97 Å². The zero-order chi connectivity index (χ0) is 21.7. The van der Waals surface area contributed by atoms with Crippen molar-refractivity contribution >= 4 is 39.1 Å². The Bertz CT molecular complexity index is 1380. The number of nitro groups is 1.